The van der Waals surface area contributed by atoms with Gasteiger partial charge in [0, 0.05) is 19.4 Å². The minimum absolute atomic E-state index is 0.0411. The largest absolute Gasteiger partial charge is 0.372 e. The SMILES string of the molecule is CC1Nc2cc(C3=CN(C)C(=O)C4=NC=CC34)ccc2NC1=O. The summed E-state index contributed by atoms with van der Waals surface area (Å²) in [6.45, 7) is 1.82. The molecule has 3 aliphatic heterocycles. The Morgan fingerprint density at radius 2 is 2.04 bits per heavy atom. The Labute approximate surface area is 133 Å². The number of anilines is 2. The smallest absolute Gasteiger partial charge is 0.272 e. The zero-order valence-electron chi connectivity index (χ0n) is 12.8. The van der Waals surface area contributed by atoms with Crippen LogP contribution in [0.5, 0.6) is 0 Å². The van der Waals surface area contributed by atoms with Crippen LogP contribution in [0, 0.1) is 5.92 Å². The van der Waals surface area contributed by atoms with E-state index in [1.807, 2.05) is 37.4 Å². The summed E-state index contributed by atoms with van der Waals surface area (Å²) in [6, 6.07) is 5.57. The van der Waals surface area contributed by atoms with Gasteiger partial charge >= 0.3 is 0 Å². The van der Waals surface area contributed by atoms with Crippen LogP contribution in [0.25, 0.3) is 5.57 Å². The lowest BCUT2D eigenvalue weighted by atomic mass is 9.86. The quantitative estimate of drug-likeness (QED) is 0.831. The number of carbonyl (C=O) groups excluding carboxylic acids is 2. The van der Waals surface area contributed by atoms with Crippen molar-refractivity contribution in [1.29, 1.82) is 0 Å². The predicted octanol–water partition coefficient (Wildman–Crippen LogP) is 1.84. The van der Waals surface area contributed by atoms with Gasteiger partial charge in [-0.1, -0.05) is 12.1 Å². The van der Waals surface area contributed by atoms with E-state index in [0.717, 1.165) is 22.5 Å². The van der Waals surface area contributed by atoms with Gasteiger partial charge in [-0.05, 0) is 30.2 Å². The molecule has 0 saturated carbocycles. The molecule has 23 heavy (non-hydrogen) atoms. The molecule has 0 saturated heterocycles. The molecule has 2 amide bonds. The van der Waals surface area contributed by atoms with Crippen molar-refractivity contribution in [1.82, 2.24) is 4.90 Å². The molecule has 2 unspecified atom stereocenters. The van der Waals surface area contributed by atoms with Crippen molar-refractivity contribution in [3.63, 3.8) is 0 Å². The molecular formula is C17H16N4O2. The molecule has 0 fully saturated rings. The van der Waals surface area contributed by atoms with Gasteiger partial charge in [0.1, 0.15) is 11.8 Å². The van der Waals surface area contributed by atoms with Gasteiger partial charge in [-0.15, -0.1) is 0 Å². The zero-order valence-corrected chi connectivity index (χ0v) is 12.8. The summed E-state index contributed by atoms with van der Waals surface area (Å²) in [4.78, 5) is 29.6. The molecule has 1 aromatic rings. The first kappa shape index (κ1) is 13.8. The minimum atomic E-state index is -0.272. The number of amides is 2. The van der Waals surface area contributed by atoms with Gasteiger partial charge < -0.3 is 15.5 Å². The molecule has 1 aromatic carbocycles. The third kappa shape index (κ3) is 2.06. The Morgan fingerprint density at radius 1 is 1.22 bits per heavy atom. The maximum Gasteiger partial charge on any atom is 0.272 e. The van der Waals surface area contributed by atoms with E-state index >= 15 is 0 Å². The van der Waals surface area contributed by atoms with E-state index in [9.17, 15) is 9.59 Å². The monoisotopic (exact) mass is 308 g/mol. The number of carbonyl (C=O) groups is 2. The van der Waals surface area contributed by atoms with E-state index in [1.54, 1.807) is 18.1 Å². The fourth-order valence-electron chi connectivity index (χ4n) is 3.09. The van der Waals surface area contributed by atoms with Crippen molar-refractivity contribution in [2.24, 2.45) is 10.9 Å². The highest BCUT2D eigenvalue weighted by atomic mass is 16.2. The molecule has 0 aliphatic carbocycles. The van der Waals surface area contributed by atoms with Crippen LogP contribution in [0.15, 0.2) is 41.7 Å². The van der Waals surface area contributed by atoms with Gasteiger partial charge in [0.2, 0.25) is 5.91 Å². The first-order valence-corrected chi connectivity index (χ1v) is 7.49. The summed E-state index contributed by atoms with van der Waals surface area (Å²) in [5.74, 6) is -0.214. The van der Waals surface area contributed by atoms with Gasteiger partial charge in [-0.3, -0.25) is 14.6 Å². The second-order valence-electron chi connectivity index (χ2n) is 5.95. The van der Waals surface area contributed by atoms with Crippen LogP contribution in [0.1, 0.15) is 12.5 Å². The van der Waals surface area contributed by atoms with Gasteiger partial charge in [0.05, 0.1) is 17.3 Å². The molecule has 0 radical (unpaired) electrons. The lowest BCUT2D eigenvalue weighted by Gasteiger charge is -2.28. The average Bonchev–Trinajstić information content (AvgIpc) is 3.01. The summed E-state index contributed by atoms with van der Waals surface area (Å²) in [6.07, 6.45) is 5.47. The maximum absolute atomic E-state index is 12.1. The molecule has 3 heterocycles. The molecule has 0 bridgehead atoms. The number of hydrogen-bond acceptors (Lipinski definition) is 4. The van der Waals surface area contributed by atoms with Crippen LogP contribution in [0.4, 0.5) is 11.4 Å². The first-order chi connectivity index (χ1) is 11.0. The molecular weight excluding hydrogens is 292 g/mol. The zero-order chi connectivity index (χ0) is 16.1. The van der Waals surface area contributed by atoms with Crippen molar-refractivity contribution in [3.8, 4) is 0 Å². The van der Waals surface area contributed by atoms with Crippen LogP contribution in [-0.4, -0.2) is 35.5 Å². The van der Waals surface area contributed by atoms with Gasteiger partial charge in [0.25, 0.3) is 5.91 Å². The highest BCUT2D eigenvalue weighted by molar-refractivity contribution is 6.44. The molecule has 6 nitrogen and oxygen atoms in total. The van der Waals surface area contributed by atoms with E-state index in [2.05, 4.69) is 15.6 Å². The highest BCUT2D eigenvalue weighted by Gasteiger charge is 2.34. The number of nitrogens with one attached hydrogen (secondary N) is 2. The number of allylic oxidation sites excluding steroid dienone is 2. The summed E-state index contributed by atoms with van der Waals surface area (Å²) >= 11 is 0. The van der Waals surface area contributed by atoms with E-state index < -0.39 is 0 Å². The molecule has 0 spiro atoms. The summed E-state index contributed by atoms with van der Waals surface area (Å²) in [5, 5.41) is 6.08. The second-order valence-corrected chi connectivity index (χ2v) is 5.95. The van der Waals surface area contributed by atoms with Crippen LogP contribution in [0.2, 0.25) is 0 Å². The molecule has 0 aromatic heterocycles. The first-order valence-electron chi connectivity index (χ1n) is 7.49. The fraction of sp³-hybridized carbons (Fsp3) is 0.235. The van der Waals surface area contributed by atoms with Crippen molar-refractivity contribution >= 4 is 34.5 Å². The summed E-state index contributed by atoms with van der Waals surface area (Å²) in [5.41, 5.74) is 4.23. The number of fused-ring (bicyclic) bond motifs is 2. The third-order valence-electron chi connectivity index (χ3n) is 4.37. The van der Waals surface area contributed by atoms with Crippen LogP contribution in [0.3, 0.4) is 0 Å². The van der Waals surface area contributed by atoms with Crippen molar-refractivity contribution in [2.75, 3.05) is 17.7 Å². The molecule has 4 rings (SSSR count). The number of nitrogens with zero attached hydrogens (tertiary/aromatic N) is 2. The number of rotatable bonds is 1. The van der Waals surface area contributed by atoms with E-state index in [4.69, 9.17) is 0 Å². The van der Waals surface area contributed by atoms with Gasteiger partial charge in [-0.25, -0.2) is 0 Å². The summed E-state index contributed by atoms with van der Waals surface area (Å²) < 4.78 is 0. The van der Waals surface area contributed by atoms with E-state index in [-0.39, 0.29) is 23.8 Å². The maximum atomic E-state index is 12.1. The minimum Gasteiger partial charge on any atom is -0.372 e. The van der Waals surface area contributed by atoms with Crippen molar-refractivity contribution < 1.29 is 9.59 Å². The second kappa shape index (κ2) is 4.81. The topological polar surface area (TPSA) is 73.8 Å². The molecule has 2 atom stereocenters. The van der Waals surface area contributed by atoms with Crippen LogP contribution >= 0.6 is 0 Å². The van der Waals surface area contributed by atoms with Gasteiger partial charge in [0.15, 0.2) is 0 Å². The summed E-state index contributed by atoms with van der Waals surface area (Å²) in [7, 11) is 1.73. The number of aliphatic imine (C=N–C) groups is 1. The van der Waals surface area contributed by atoms with Crippen molar-refractivity contribution in [2.45, 2.75) is 13.0 Å². The molecule has 2 N–H and O–H groups in total. The Bertz CT molecular complexity index is 822. The molecule has 3 aliphatic rings. The standard InChI is InChI=1S/C17H16N4O2/c1-9-16(22)20-13-4-3-10(7-14(13)19-9)12-8-21(2)17(23)15-11(12)5-6-18-15/h3-9,11,19H,1-2H3,(H,20,22). The Hall–Kier alpha value is -2.89. The molecule has 116 valence electrons. The third-order valence-corrected chi connectivity index (χ3v) is 4.37. The lowest BCUT2D eigenvalue weighted by molar-refractivity contribution is -0.121. The Kier molecular flexibility index (Phi) is 2.87. The number of hydrogen-bond donors (Lipinski definition) is 2. The normalized spacial score (nSPS) is 25.2. The average molecular weight is 308 g/mol. The van der Waals surface area contributed by atoms with Crippen molar-refractivity contribution in [3.05, 3.63) is 42.2 Å². The molecule has 6 heteroatoms. The van der Waals surface area contributed by atoms with E-state index in [0.29, 0.717) is 5.71 Å². The fourth-order valence-corrected chi connectivity index (χ4v) is 3.09. The Balaban J connectivity index is 1.77. The Morgan fingerprint density at radius 3 is 2.87 bits per heavy atom. The van der Waals surface area contributed by atoms with Gasteiger partial charge in [-0.2, -0.15) is 0 Å². The lowest BCUT2D eigenvalue weighted by Crippen LogP contribution is -2.38. The highest BCUT2D eigenvalue weighted by Crippen LogP contribution is 2.36. The van der Waals surface area contributed by atoms with Crippen LogP contribution in [-0.2, 0) is 9.59 Å². The van der Waals surface area contributed by atoms with Crippen LogP contribution < -0.4 is 10.6 Å². The number of benzene rings is 1. The van der Waals surface area contributed by atoms with E-state index in [1.165, 1.54) is 0 Å². The predicted molar refractivity (Wildman–Crippen MR) is 89.0 cm³/mol.